The van der Waals surface area contributed by atoms with E-state index in [1.807, 2.05) is 63.2 Å². The van der Waals surface area contributed by atoms with E-state index in [1.54, 1.807) is 30.2 Å². The topological polar surface area (TPSA) is 83.5 Å². The first-order valence-electron chi connectivity index (χ1n) is 14.9. The van der Waals surface area contributed by atoms with Gasteiger partial charge in [0.25, 0.3) is 5.24 Å². The lowest BCUT2D eigenvalue weighted by Crippen LogP contribution is -2.48. The lowest BCUT2D eigenvalue weighted by molar-refractivity contribution is -0.0359. The van der Waals surface area contributed by atoms with Gasteiger partial charge in [0.2, 0.25) is 0 Å². The maximum Gasteiger partial charge on any atom is 0.410 e. The van der Waals surface area contributed by atoms with Crippen LogP contribution in [0.25, 0.3) is 0 Å². The fraction of sp³-hybridized carbons (Fsp3) is 0.429. The molecule has 0 spiro atoms. The van der Waals surface area contributed by atoms with Crippen molar-refractivity contribution >= 4 is 22.9 Å². The van der Waals surface area contributed by atoms with Crippen LogP contribution in [0.2, 0.25) is 0 Å². The highest BCUT2D eigenvalue weighted by atomic mass is 35.5. The number of carbonyl (C=O) groups is 2. The first kappa shape index (κ1) is 33.3. The van der Waals surface area contributed by atoms with Crippen LogP contribution in [0.1, 0.15) is 66.6 Å². The monoisotopic (exact) mass is 623 g/mol. The molecule has 0 N–H and O–H groups in total. The van der Waals surface area contributed by atoms with Crippen LogP contribution in [-0.2, 0) is 27.4 Å². The van der Waals surface area contributed by atoms with Gasteiger partial charge in [-0.05, 0) is 74.2 Å². The number of piperidine rings is 1. The number of ether oxygens (including phenoxy) is 5. The van der Waals surface area contributed by atoms with Crippen LogP contribution in [0.5, 0.6) is 11.5 Å². The highest BCUT2D eigenvalue weighted by molar-refractivity contribution is 6.67. The van der Waals surface area contributed by atoms with Gasteiger partial charge in [-0.2, -0.15) is 0 Å². The lowest BCUT2D eigenvalue weighted by Gasteiger charge is -2.39. The lowest BCUT2D eigenvalue weighted by atomic mass is 9.87. The molecule has 1 fully saturated rings. The van der Waals surface area contributed by atoms with Crippen LogP contribution in [0.3, 0.4) is 0 Å². The van der Waals surface area contributed by atoms with Gasteiger partial charge in [0.15, 0.2) is 0 Å². The number of para-hydroxylation sites is 1. The smallest absolute Gasteiger partial charge is 0.410 e. The molecule has 0 saturated carbocycles. The first-order chi connectivity index (χ1) is 21.1. The van der Waals surface area contributed by atoms with Gasteiger partial charge in [-0.3, -0.25) is 4.79 Å². The number of hydrogen-bond acceptors (Lipinski definition) is 7. The normalized spacial score (nSPS) is 16.8. The van der Waals surface area contributed by atoms with Gasteiger partial charge in [-0.1, -0.05) is 48.5 Å². The van der Waals surface area contributed by atoms with Crippen molar-refractivity contribution in [2.24, 2.45) is 0 Å². The fourth-order valence-electron chi connectivity index (χ4n) is 5.11. The maximum absolute atomic E-state index is 12.9. The average Bonchev–Trinajstić information content (AvgIpc) is 3.01. The third kappa shape index (κ3) is 9.97. The standard InChI is InChI=1S/C35H42ClNO7/c1-35(2,3)44-34(39)37-18-17-30(32(22-37)43-23-25-9-7-11-27(21-25)33(36)38)26-13-15-29(16-14-26)42-20-8-19-41-24-28-10-5-6-12-31(28)40-4/h5-7,9-16,21,30,32H,8,17-20,22-24H2,1-4H3. The van der Waals surface area contributed by atoms with Gasteiger partial charge in [0, 0.05) is 30.0 Å². The Kier molecular flexibility index (Phi) is 12.1. The molecule has 0 aliphatic carbocycles. The summed E-state index contributed by atoms with van der Waals surface area (Å²) in [5, 5.41) is -0.513. The van der Waals surface area contributed by atoms with Crippen LogP contribution in [0.4, 0.5) is 4.79 Å². The Bertz CT molecular complexity index is 1370. The quantitative estimate of drug-likeness (QED) is 0.145. The fourth-order valence-corrected chi connectivity index (χ4v) is 5.23. The van der Waals surface area contributed by atoms with Gasteiger partial charge in [-0.15, -0.1) is 0 Å². The Labute approximate surface area is 265 Å². The van der Waals surface area contributed by atoms with E-state index in [1.165, 1.54) is 0 Å². The second-order valence-corrected chi connectivity index (χ2v) is 12.1. The van der Waals surface area contributed by atoms with Crippen molar-refractivity contribution in [1.29, 1.82) is 0 Å². The van der Waals surface area contributed by atoms with Gasteiger partial charge >= 0.3 is 6.09 Å². The van der Waals surface area contributed by atoms with Gasteiger partial charge in [-0.25, -0.2) is 4.79 Å². The number of rotatable bonds is 13. The second kappa shape index (κ2) is 15.9. The third-order valence-electron chi connectivity index (χ3n) is 7.29. The summed E-state index contributed by atoms with van der Waals surface area (Å²) in [5.74, 6) is 1.66. The molecule has 44 heavy (non-hydrogen) atoms. The van der Waals surface area contributed by atoms with Gasteiger partial charge in [0.05, 0.1) is 46.2 Å². The van der Waals surface area contributed by atoms with E-state index in [0.717, 1.165) is 34.6 Å². The molecule has 1 aliphatic heterocycles. The molecule has 1 aliphatic rings. The molecule has 2 atom stereocenters. The summed E-state index contributed by atoms with van der Waals surface area (Å²) in [6.07, 6.45) is 0.842. The molecule has 0 bridgehead atoms. The maximum atomic E-state index is 12.9. The molecule has 0 aromatic heterocycles. The molecule has 1 amide bonds. The molecular formula is C35H42ClNO7. The highest BCUT2D eigenvalue weighted by Gasteiger charge is 2.35. The van der Waals surface area contributed by atoms with Crippen molar-refractivity contribution in [2.75, 3.05) is 33.4 Å². The highest BCUT2D eigenvalue weighted by Crippen LogP contribution is 2.33. The Morgan fingerprint density at radius 2 is 1.73 bits per heavy atom. The van der Waals surface area contributed by atoms with E-state index in [2.05, 4.69) is 12.1 Å². The van der Waals surface area contributed by atoms with Crippen molar-refractivity contribution in [3.8, 4) is 11.5 Å². The summed E-state index contributed by atoms with van der Waals surface area (Å²) < 4.78 is 29.2. The number of likely N-dealkylation sites (tertiary alicyclic amines) is 1. The van der Waals surface area contributed by atoms with E-state index < -0.39 is 10.8 Å². The number of halogens is 1. The van der Waals surface area contributed by atoms with Crippen molar-refractivity contribution in [3.63, 3.8) is 0 Å². The number of methoxy groups -OCH3 is 1. The van der Waals surface area contributed by atoms with Gasteiger partial charge < -0.3 is 28.6 Å². The van der Waals surface area contributed by atoms with E-state index in [4.69, 9.17) is 35.3 Å². The van der Waals surface area contributed by atoms with Crippen molar-refractivity contribution < 1.29 is 33.3 Å². The molecule has 1 saturated heterocycles. The minimum atomic E-state index is -0.587. The molecule has 8 nitrogen and oxygen atoms in total. The molecule has 0 radical (unpaired) electrons. The summed E-state index contributed by atoms with van der Waals surface area (Å²) >= 11 is 5.68. The molecule has 9 heteroatoms. The molecule has 1 heterocycles. The number of nitrogens with zero attached hydrogens (tertiary/aromatic N) is 1. The summed E-state index contributed by atoms with van der Waals surface area (Å²) in [6, 6.07) is 23.0. The molecule has 2 unspecified atom stereocenters. The predicted molar refractivity (Wildman–Crippen MR) is 170 cm³/mol. The third-order valence-corrected chi connectivity index (χ3v) is 7.51. The van der Waals surface area contributed by atoms with Gasteiger partial charge in [0.1, 0.15) is 17.1 Å². The van der Waals surface area contributed by atoms with Crippen molar-refractivity contribution in [3.05, 3.63) is 95.1 Å². The Balaban J connectivity index is 1.33. The van der Waals surface area contributed by atoms with E-state index in [0.29, 0.717) is 44.9 Å². The van der Waals surface area contributed by atoms with E-state index >= 15 is 0 Å². The average molecular weight is 624 g/mol. The predicted octanol–water partition coefficient (Wildman–Crippen LogP) is 7.37. The molecule has 3 aromatic rings. The summed E-state index contributed by atoms with van der Waals surface area (Å²) in [5.41, 5.74) is 2.79. The van der Waals surface area contributed by atoms with Crippen LogP contribution >= 0.6 is 11.6 Å². The first-order valence-corrected chi connectivity index (χ1v) is 15.3. The molecule has 236 valence electrons. The van der Waals surface area contributed by atoms with Crippen LogP contribution < -0.4 is 9.47 Å². The zero-order chi connectivity index (χ0) is 31.5. The minimum Gasteiger partial charge on any atom is -0.496 e. The van der Waals surface area contributed by atoms with Crippen LogP contribution in [0.15, 0.2) is 72.8 Å². The Morgan fingerprint density at radius 1 is 0.955 bits per heavy atom. The van der Waals surface area contributed by atoms with Crippen LogP contribution in [-0.4, -0.2) is 61.4 Å². The molecule has 3 aromatic carbocycles. The largest absolute Gasteiger partial charge is 0.496 e. The zero-order valence-electron chi connectivity index (χ0n) is 25.9. The second-order valence-electron chi connectivity index (χ2n) is 11.8. The Hall–Kier alpha value is -3.59. The number of hydrogen-bond donors (Lipinski definition) is 0. The zero-order valence-corrected chi connectivity index (χ0v) is 26.7. The minimum absolute atomic E-state index is 0.0592. The SMILES string of the molecule is COc1ccccc1COCCCOc1ccc(C2CCN(C(=O)OC(C)(C)C)CC2OCc2cccc(C(=O)Cl)c2)cc1. The van der Waals surface area contributed by atoms with E-state index in [-0.39, 0.29) is 24.7 Å². The van der Waals surface area contributed by atoms with E-state index in [9.17, 15) is 9.59 Å². The molecule has 4 rings (SSSR count). The summed E-state index contributed by atoms with van der Waals surface area (Å²) in [7, 11) is 1.66. The number of benzene rings is 3. The summed E-state index contributed by atoms with van der Waals surface area (Å²) in [4.78, 5) is 26.2. The Morgan fingerprint density at radius 3 is 2.45 bits per heavy atom. The van der Waals surface area contributed by atoms with Crippen molar-refractivity contribution in [2.45, 2.75) is 64.4 Å². The van der Waals surface area contributed by atoms with Crippen LogP contribution in [0, 0.1) is 0 Å². The number of carbonyl (C=O) groups excluding carboxylic acids is 2. The van der Waals surface area contributed by atoms with Crippen molar-refractivity contribution in [1.82, 2.24) is 4.90 Å². The number of amides is 1. The molecular weight excluding hydrogens is 582 g/mol. The summed E-state index contributed by atoms with van der Waals surface area (Å²) in [6.45, 7) is 8.40.